The number of carbonyl (C=O) groups excluding carboxylic acids is 1. The normalized spacial score (nSPS) is 21.8. The van der Waals surface area contributed by atoms with Gasteiger partial charge in [-0.3, -0.25) is 4.79 Å². The van der Waals surface area contributed by atoms with E-state index in [2.05, 4.69) is 21.7 Å². The molecule has 0 aromatic rings. The van der Waals surface area contributed by atoms with Crippen LogP contribution < -0.4 is 0 Å². The maximum Gasteiger partial charge on any atom is 0.135 e. The first-order valence-electron chi connectivity index (χ1n) is 16.3. The van der Waals surface area contributed by atoms with Gasteiger partial charge < -0.3 is 24.2 Å². The maximum absolute atomic E-state index is 12.1. The van der Waals surface area contributed by atoms with Crippen LogP contribution in [-0.2, 0) is 14.3 Å². The minimum absolute atomic E-state index is 0.358. The van der Waals surface area contributed by atoms with Gasteiger partial charge in [-0.1, -0.05) is 25.7 Å². The van der Waals surface area contributed by atoms with Crippen molar-refractivity contribution in [2.75, 3.05) is 86.3 Å². The lowest BCUT2D eigenvalue weighted by Gasteiger charge is -2.33. The van der Waals surface area contributed by atoms with Gasteiger partial charge in [0.15, 0.2) is 0 Å². The molecule has 0 spiro atoms. The van der Waals surface area contributed by atoms with Crippen LogP contribution in [0.2, 0.25) is 0 Å². The van der Waals surface area contributed by atoms with Crippen molar-refractivity contribution in [3.63, 3.8) is 0 Å². The second-order valence-corrected chi connectivity index (χ2v) is 12.7. The van der Waals surface area contributed by atoms with Crippen molar-refractivity contribution in [1.82, 2.24) is 14.7 Å². The molecular formula is C32H61N3O3. The largest absolute Gasteiger partial charge is 0.382 e. The molecule has 6 nitrogen and oxygen atoms in total. The first-order chi connectivity index (χ1) is 18.6. The molecule has 3 aliphatic heterocycles. The summed E-state index contributed by atoms with van der Waals surface area (Å²) in [6.07, 6.45) is 19.2. The molecule has 0 N–H and O–H groups in total. The summed E-state index contributed by atoms with van der Waals surface area (Å²) in [7, 11) is 3.94. The van der Waals surface area contributed by atoms with Gasteiger partial charge in [0.05, 0.1) is 19.8 Å². The molecular weight excluding hydrogens is 474 g/mol. The molecule has 38 heavy (non-hydrogen) atoms. The Hall–Kier alpha value is -0.530. The quantitative estimate of drug-likeness (QED) is 0.204. The summed E-state index contributed by atoms with van der Waals surface area (Å²) >= 11 is 0. The van der Waals surface area contributed by atoms with Crippen molar-refractivity contribution in [2.45, 2.75) is 96.3 Å². The van der Waals surface area contributed by atoms with E-state index in [0.29, 0.717) is 32.0 Å². The number of ether oxygens (including phenoxy) is 2. The molecule has 6 heteroatoms. The van der Waals surface area contributed by atoms with E-state index in [9.17, 15) is 4.79 Å². The molecule has 0 saturated carbocycles. The van der Waals surface area contributed by atoms with Crippen molar-refractivity contribution in [3.05, 3.63) is 0 Å². The van der Waals surface area contributed by atoms with Crippen molar-refractivity contribution in [2.24, 2.45) is 17.8 Å². The number of rotatable bonds is 19. The van der Waals surface area contributed by atoms with Crippen LogP contribution in [0.25, 0.3) is 0 Å². The van der Waals surface area contributed by atoms with E-state index in [1.807, 2.05) is 0 Å². The Labute approximate surface area is 235 Å². The Morgan fingerprint density at radius 1 is 0.632 bits per heavy atom. The fourth-order valence-electron chi connectivity index (χ4n) is 6.81. The molecule has 0 atom stereocenters. The molecule has 0 aromatic heterocycles. The molecule has 3 rings (SSSR count). The summed E-state index contributed by atoms with van der Waals surface area (Å²) in [5.41, 5.74) is 0. The third-order valence-corrected chi connectivity index (χ3v) is 9.71. The third-order valence-electron chi connectivity index (χ3n) is 9.71. The molecule has 3 fully saturated rings. The molecule has 3 aliphatic rings. The molecule has 0 amide bonds. The van der Waals surface area contributed by atoms with Crippen LogP contribution in [0, 0.1) is 17.8 Å². The minimum Gasteiger partial charge on any atom is -0.382 e. The van der Waals surface area contributed by atoms with Crippen LogP contribution in [0.15, 0.2) is 0 Å². The van der Waals surface area contributed by atoms with E-state index < -0.39 is 0 Å². The van der Waals surface area contributed by atoms with Crippen LogP contribution in [-0.4, -0.2) is 107 Å². The number of carbonyl (C=O) groups is 1. The molecule has 222 valence electrons. The van der Waals surface area contributed by atoms with Gasteiger partial charge in [-0.05, 0) is 135 Å². The highest BCUT2D eigenvalue weighted by atomic mass is 16.5. The lowest BCUT2D eigenvalue weighted by molar-refractivity contribution is -0.120. The molecule has 0 radical (unpaired) electrons. The van der Waals surface area contributed by atoms with Crippen LogP contribution in [0.1, 0.15) is 96.3 Å². The van der Waals surface area contributed by atoms with Crippen molar-refractivity contribution in [1.29, 1.82) is 0 Å². The summed E-state index contributed by atoms with van der Waals surface area (Å²) in [5, 5.41) is 0. The third kappa shape index (κ3) is 13.7. The Bertz CT molecular complexity index is 595. The van der Waals surface area contributed by atoms with E-state index in [4.69, 9.17) is 9.47 Å². The average molecular weight is 536 g/mol. The molecule has 0 aliphatic carbocycles. The van der Waals surface area contributed by atoms with Gasteiger partial charge in [0.2, 0.25) is 0 Å². The predicted molar refractivity (Wildman–Crippen MR) is 158 cm³/mol. The Morgan fingerprint density at radius 2 is 1.16 bits per heavy atom. The fraction of sp³-hybridized carbons (Fsp3) is 0.969. The van der Waals surface area contributed by atoms with E-state index in [1.54, 1.807) is 7.11 Å². The summed E-state index contributed by atoms with van der Waals surface area (Å²) in [6.45, 7) is 12.1. The lowest BCUT2D eigenvalue weighted by Crippen LogP contribution is -2.35. The molecule has 0 unspecified atom stereocenters. The van der Waals surface area contributed by atoms with Gasteiger partial charge >= 0.3 is 0 Å². The van der Waals surface area contributed by atoms with Gasteiger partial charge in [0.25, 0.3) is 0 Å². The summed E-state index contributed by atoms with van der Waals surface area (Å²) in [4.78, 5) is 20.0. The van der Waals surface area contributed by atoms with Crippen LogP contribution in [0.3, 0.4) is 0 Å². The number of piperidine rings is 3. The van der Waals surface area contributed by atoms with Crippen molar-refractivity contribution < 1.29 is 14.3 Å². The van der Waals surface area contributed by atoms with Gasteiger partial charge in [-0.15, -0.1) is 0 Å². The number of unbranched alkanes of at least 4 members (excludes halogenated alkanes) is 2. The highest BCUT2D eigenvalue weighted by molar-refractivity contribution is 5.78. The van der Waals surface area contributed by atoms with Gasteiger partial charge in [0, 0.05) is 20.0 Å². The second-order valence-electron chi connectivity index (χ2n) is 12.7. The zero-order chi connectivity index (χ0) is 26.8. The second kappa shape index (κ2) is 19.5. The highest BCUT2D eigenvalue weighted by Crippen LogP contribution is 2.27. The molecule has 0 aromatic carbocycles. The smallest absolute Gasteiger partial charge is 0.135 e. The molecule has 3 heterocycles. The fourth-order valence-corrected chi connectivity index (χ4v) is 6.81. The van der Waals surface area contributed by atoms with E-state index >= 15 is 0 Å². The summed E-state index contributed by atoms with van der Waals surface area (Å²) < 4.78 is 10.4. The monoisotopic (exact) mass is 535 g/mol. The van der Waals surface area contributed by atoms with Crippen LogP contribution >= 0.6 is 0 Å². The Balaban J connectivity index is 1.10. The topological polar surface area (TPSA) is 45.3 Å². The molecule has 0 bridgehead atoms. The summed E-state index contributed by atoms with van der Waals surface area (Å²) in [5.74, 6) is 3.10. The Morgan fingerprint density at radius 3 is 1.71 bits per heavy atom. The summed E-state index contributed by atoms with van der Waals surface area (Å²) in [6, 6.07) is 0. The maximum atomic E-state index is 12.1. The predicted octanol–water partition coefficient (Wildman–Crippen LogP) is 5.50. The number of likely N-dealkylation sites (tertiary alicyclic amines) is 3. The Kier molecular flexibility index (Phi) is 16.4. The standard InChI is InChI=1S/C32H61N3O3/c1-33-20-11-29(12-21-33)7-6-8-30-13-22-34(23-14-30)18-4-3-5-19-35-24-15-31(16-25-35)9-10-32(36)17-26-38-28-27-37-2/h29-31H,3-28H2,1-2H3. The minimum atomic E-state index is 0.358. The number of hydrogen-bond acceptors (Lipinski definition) is 6. The zero-order valence-corrected chi connectivity index (χ0v) is 25.2. The van der Waals surface area contributed by atoms with E-state index in [1.165, 1.54) is 129 Å². The van der Waals surface area contributed by atoms with Crippen LogP contribution in [0.5, 0.6) is 0 Å². The molecule has 3 saturated heterocycles. The number of ketones is 1. The van der Waals surface area contributed by atoms with E-state index in [-0.39, 0.29) is 0 Å². The van der Waals surface area contributed by atoms with Crippen molar-refractivity contribution >= 4 is 5.78 Å². The van der Waals surface area contributed by atoms with Gasteiger partial charge in [-0.2, -0.15) is 0 Å². The first kappa shape index (κ1) is 32.0. The number of hydrogen-bond donors (Lipinski definition) is 0. The number of nitrogens with zero attached hydrogens (tertiary/aromatic N) is 3. The lowest BCUT2D eigenvalue weighted by atomic mass is 9.87. The SMILES string of the molecule is COCCOCCC(=O)CCC1CCN(CCCCCN2CCC(CCCC3CCN(C)CC3)CC2)CC1. The number of methoxy groups -OCH3 is 1. The van der Waals surface area contributed by atoms with Gasteiger partial charge in [-0.25, -0.2) is 0 Å². The van der Waals surface area contributed by atoms with Gasteiger partial charge in [0.1, 0.15) is 5.78 Å². The average Bonchev–Trinajstić information content (AvgIpc) is 2.94. The van der Waals surface area contributed by atoms with E-state index in [0.717, 1.165) is 30.6 Å². The van der Waals surface area contributed by atoms with Crippen molar-refractivity contribution in [3.8, 4) is 0 Å². The number of Topliss-reactive ketones (excluding diaryl/α,β-unsaturated/α-hetero) is 1. The zero-order valence-electron chi connectivity index (χ0n) is 25.2. The highest BCUT2D eigenvalue weighted by Gasteiger charge is 2.22. The first-order valence-corrected chi connectivity index (χ1v) is 16.3. The van der Waals surface area contributed by atoms with Crippen LogP contribution in [0.4, 0.5) is 0 Å².